The molecule has 0 aliphatic rings. The Bertz CT molecular complexity index is 718. The molecular weight excluding hydrogens is 238 g/mol. The van der Waals surface area contributed by atoms with Gasteiger partial charge < -0.3 is 14.8 Å². The number of benzene rings is 2. The average Bonchev–Trinajstić information content (AvgIpc) is 2.72. The molecular formula is C13H10ClNO2. The molecule has 0 saturated heterocycles. The van der Waals surface area contributed by atoms with E-state index in [9.17, 15) is 5.11 Å². The third-order valence-corrected chi connectivity index (χ3v) is 3.21. The predicted octanol–water partition coefficient (Wildman–Crippen LogP) is 3.69. The smallest absolute Gasteiger partial charge is 0.139 e. The first-order chi connectivity index (χ1) is 8.22. The Morgan fingerprint density at radius 3 is 2.76 bits per heavy atom. The van der Waals surface area contributed by atoms with Crippen molar-refractivity contribution in [1.82, 2.24) is 4.98 Å². The number of hydrogen-bond acceptors (Lipinski definition) is 2. The summed E-state index contributed by atoms with van der Waals surface area (Å²) in [6, 6.07) is 8.95. The Balaban J connectivity index is 2.60. The molecule has 0 saturated carbocycles. The Labute approximate surface area is 103 Å². The quantitative estimate of drug-likeness (QED) is 0.689. The molecule has 0 fully saturated rings. The maximum absolute atomic E-state index is 9.81. The van der Waals surface area contributed by atoms with Crippen molar-refractivity contribution >= 4 is 33.4 Å². The van der Waals surface area contributed by atoms with Gasteiger partial charge in [-0.2, -0.15) is 0 Å². The molecule has 2 N–H and O–H groups in total. The van der Waals surface area contributed by atoms with Gasteiger partial charge in [-0.25, -0.2) is 0 Å². The molecule has 0 bridgehead atoms. The summed E-state index contributed by atoms with van der Waals surface area (Å²) in [7, 11) is 1.62. The van der Waals surface area contributed by atoms with E-state index in [1.165, 1.54) is 0 Å². The van der Waals surface area contributed by atoms with E-state index in [2.05, 4.69) is 4.98 Å². The molecule has 3 rings (SSSR count). The lowest BCUT2D eigenvalue weighted by atomic mass is 10.1. The van der Waals surface area contributed by atoms with Crippen LogP contribution in [-0.2, 0) is 0 Å². The van der Waals surface area contributed by atoms with Crippen molar-refractivity contribution in [2.45, 2.75) is 0 Å². The molecule has 0 aliphatic carbocycles. The number of aromatic amines is 1. The molecule has 17 heavy (non-hydrogen) atoms. The topological polar surface area (TPSA) is 45.2 Å². The van der Waals surface area contributed by atoms with Crippen LogP contribution in [0.25, 0.3) is 21.8 Å². The largest absolute Gasteiger partial charge is 0.506 e. The first kappa shape index (κ1) is 10.3. The number of halogens is 1. The van der Waals surface area contributed by atoms with Crippen molar-refractivity contribution in [3.05, 3.63) is 35.4 Å². The van der Waals surface area contributed by atoms with Crippen LogP contribution in [0.1, 0.15) is 0 Å². The van der Waals surface area contributed by atoms with Gasteiger partial charge in [-0.15, -0.1) is 0 Å². The fourth-order valence-corrected chi connectivity index (χ4v) is 2.33. The van der Waals surface area contributed by atoms with Crippen LogP contribution >= 0.6 is 11.6 Å². The Kier molecular flexibility index (Phi) is 2.16. The van der Waals surface area contributed by atoms with Crippen LogP contribution in [0.3, 0.4) is 0 Å². The summed E-state index contributed by atoms with van der Waals surface area (Å²) in [4.78, 5) is 3.13. The van der Waals surface area contributed by atoms with Gasteiger partial charge in [0.25, 0.3) is 0 Å². The summed E-state index contributed by atoms with van der Waals surface area (Å²) in [5.74, 6) is 0.943. The van der Waals surface area contributed by atoms with Crippen LogP contribution in [-0.4, -0.2) is 17.2 Å². The zero-order chi connectivity index (χ0) is 12.0. The lowest BCUT2D eigenvalue weighted by molar-refractivity contribution is 0.420. The molecule has 2 aromatic carbocycles. The third kappa shape index (κ3) is 1.36. The molecule has 0 amide bonds. The Morgan fingerprint density at radius 1 is 1.18 bits per heavy atom. The molecule has 0 unspecified atom stereocenters. The minimum absolute atomic E-state index is 0.205. The van der Waals surface area contributed by atoms with Gasteiger partial charge in [0.15, 0.2) is 0 Å². The van der Waals surface area contributed by atoms with Crippen LogP contribution in [0.5, 0.6) is 11.5 Å². The summed E-state index contributed by atoms with van der Waals surface area (Å²) in [5, 5.41) is 12.2. The van der Waals surface area contributed by atoms with Gasteiger partial charge >= 0.3 is 0 Å². The standard InChI is InChI=1S/C13H10ClNO2/c1-17-10-6-5-8(14)13-11(10)7-3-2-4-9(16)12(7)15-13/h2-6,15-16H,1H3. The number of phenols is 1. The van der Waals surface area contributed by atoms with Crippen molar-refractivity contribution in [1.29, 1.82) is 0 Å². The summed E-state index contributed by atoms with van der Waals surface area (Å²) in [5.41, 5.74) is 1.46. The Hall–Kier alpha value is -1.87. The van der Waals surface area contributed by atoms with Crippen molar-refractivity contribution in [2.75, 3.05) is 7.11 Å². The molecule has 0 spiro atoms. The SMILES string of the molecule is COc1ccc(Cl)c2[nH]c3c(O)cccc3c12. The molecule has 3 aromatic rings. The van der Waals surface area contributed by atoms with Crippen molar-refractivity contribution in [3.63, 3.8) is 0 Å². The fraction of sp³-hybridized carbons (Fsp3) is 0.0769. The van der Waals surface area contributed by atoms with E-state index in [1.54, 1.807) is 25.3 Å². The van der Waals surface area contributed by atoms with E-state index in [1.807, 2.05) is 12.1 Å². The van der Waals surface area contributed by atoms with E-state index < -0.39 is 0 Å². The number of rotatable bonds is 1. The zero-order valence-electron chi connectivity index (χ0n) is 9.12. The monoisotopic (exact) mass is 247 g/mol. The van der Waals surface area contributed by atoms with Gasteiger partial charge in [0.1, 0.15) is 11.5 Å². The van der Waals surface area contributed by atoms with Crippen molar-refractivity contribution in [2.24, 2.45) is 0 Å². The first-order valence-corrected chi connectivity index (χ1v) is 5.56. The van der Waals surface area contributed by atoms with E-state index in [0.29, 0.717) is 10.5 Å². The lowest BCUT2D eigenvalue weighted by Crippen LogP contribution is -1.83. The second-order valence-electron chi connectivity index (χ2n) is 3.82. The molecule has 3 nitrogen and oxygen atoms in total. The summed E-state index contributed by atoms with van der Waals surface area (Å²) in [6.45, 7) is 0. The molecule has 0 aliphatic heterocycles. The summed E-state index contributed by atoms with van der Waals surface area (Å²) >= 11 is 6.14. The lowest BCUT2D eigenvalue weighted by Gasteiger charge is -2.02. The normalized spacial score (nSPS) is 11.2. The van der Waals surface area contributed by atoms with Crippen LogP contribution in [0.2, 0.25) is 5.02 Å². The van der Waals surface area contributed by atoms with Gasteiger partial charge in [0.2, 0.25) is 0 Å². The van der Waals surface area contributed by atoms with Crippen LogP contribution in [0, 0.1) is 0 Å². The number of fused-ring (bicyclic) bond motifs is 3. The number of aromatic hydroxyl groups is 1. The number of phenolic OH excluding ortho intramolecular Hbond substituents is 1. The zero-order valence-corrected chi connectivity index (χ0v) is 9.88. The number of aromatic nitrogens is 1. The first-order valence-electron chi connectivity index (χ1n) is 5.18. The number of nitrogens with one attached hydrogen (secondary N) is 1. The average molecular weight is 248 g/mol. The van der Waals surface area contributed by atoms with Gasteiger partial charge in [0.05, 0.1) is 28.6 Å². The maximum atomic E-state index is 9.81. The third-order valence-electron chi connectivity index (χ3n) is 2.90. The highest BCUT2D eigenvalue weighted by Crippen LogP contribution is 2.39. The number of methoxy groups -OCH3 is 1. The van der Waals surface area contributed by atoms with E-state index >= 15 is 0 Å². The molecule has 86 valence electrons. The van der Waals surface area contributed by atoms with E-state index in [-0.39, 0.29) is 5.75 Å². The minimum atomic E-state index is 0.205. The predicted molar refractivity (Wildman–Crippen MR) is 69.0 cm³/mol. The maximum Gasteiger partial charge on any atom is 0.139 e. The highest BCUT2D eigenvalue weighted by Gasteiger charge is 2.13. The number of H-pyrrole nitrogens is 1. The van der Waals surface area contributed by atoms with Gasteiger partial charge in [-0.3, -0.25) is 0 Å². The van der Waals surface area contributed by atoms with Crippen LogP contribution in [0.4, 0.5) is 0 Å². The van der Waals surface area contributed by atoms with E-state index in [0.717, 1.165) is 22.0 Å². The highest BCUT2D eigenvalue weighted by atomic mass is 35.5. The van der Waals surface area contributed by atoms with Crippen molar-refractivity contribution < 1.29 is 9.84 Å². The fourth-order valence-electron chi connectivity index (χ4n) is 2.12. The van der Waals surface area contributed by atoms with Gasteiger partial charge in [-0.1, -0.05) is 23.7 Å². The van der Waals surface area contributed by atoms with E-state index in [4.69, 9.17) is 16.3 Å². The molecule has 0 radical (unpaired) electrons. The molecule has 4 heteroatoms. The van der Waals surface area contributed by atoms with Gasteiger partial charge in [-0.05, 0) is 18.2 Å². The van der Waals surface area contributed by atoms with Crippen LogP contribution in [0.15, 0.2) is 30.3 Å². The molecule has 1 heterocycles. The highest BCUT2D eigenvalue weighted by molar-refractivity contribution is 6.36. The minimum Gasteiger partial charge on any atom is -0.506 e. The van der Waals surface area contributed by atoms with Crippen molar-refractivity contribution in [3.8, 4) is 11.5 Å². The number of para-hydroxylation sites is 1. The summed E-state index contributed by atoms with van der Waals surface area (Å²) in [6.07, 6.45) is 0. The van der Waals surface area contributed by atoms with Gasteiger partial charge in [0, 0.05) is 5.39 Å². The van der Waals surface area contributed by atoms with Crippen LogP contribution < -0.4 is 4.74 Å². The second kappa shape index (κ2) is 3.57. The molecule has 1 aromatic heterocycles. The molecule has 0 atom stereocenters. The second-order valence-corrected chi connectivity index (χ2v) is 4.23. The number of hydrogen-bond donors (Lipinski definition) is 2. The number of ether oxygens (including phenoxy) is 1. The Morgan fingerprint density at radius 2 is 2.00 bits per heavy atom. The summed E-state index contributed by atoms with van der Waals surface area (Å²) < 4.78 is 5.33.